The van der Waals surface area contributed by atoms with Gasteiger partial charge in [-0.05, 0) is 83.5 Å². The predicted molar refractivity (Wildman–Crippen MR) is 285 cm³/mol. The van der Waals surface area contributed by atoms with Crippen molar-refractivity contribution in [3.8, 4) is 0 Å². The first kappa shape index (κ1) is 65.7. The second-order valence-corrected chi connectivity index (χ2v) is 19.6. The summed E-state index contributed by atoms with van der Waals surface area (Å²) in [6.45, 7) is 5.90. The fourth-order valence-electron chi connectivity index (χ4n) is 8.43. The summed E-state index contributed by atoms with van der Waals surface area (Å²) >= 11 is 0. The molecule has 0 aromatic heterocycles. The Balaban J connectivity index is 2.72. The van der Waals surface area contributed by atoms with Crippen LogP contribution < -0.4 is 0 Å². The third-order valence-corrected chi connectivity index (χ3v) is 12.9. The Morgan fingerprint density at radius 2 is 0.845 bits per heavy atom. The van der Waals surface area contributed by atoms with E-state index in [2.05, 4.69) is 69.4 Å². The van der Waals surface area contributed by atoms with Gasteiger partial charge in [-0.1, -0.05) is 198 Å². The maximum Gasteiger partial charge on any atom is 0.335 e. The lowest BCUT2D eigenvalue weighted by atomic mass is 9.98. The Hall–Kier alpha value is -3.32. The molecular weight excluding hydrogens is 901 g/mol. The number of carbonyl (C=O) groups is 4. The van der Waals surface area contributed by atoms with Gasteiger partial charge in [-0.3, -0.25) is 14.4 Å². The lowest BCUT2D eigenvalue weighted by molar-refractivity contribution is -0.301. The number of carbonyl (C=O) groups excluding carboxylic acids is 3. The van der Waals surface area contributed by atoms with Crippen molar-refractivity contribution in [2.75, 3.05) is 13.2 Å². The molecule has 1 heterocycles. The Kier molecular flexibility index (Phi) is 44.1. The van der Waals surface area contributed by atoms with Gasteiger partial charge >= 0.3 is 23.9 Å². The summed E-state index contributed by atoms with van der Waals surface area (Å²) in [5.41, 5.74) is 0. The lowest BCUT2D eigenvalue weighted by Crippen LogP contribution is -2.61. The Morgan fingerprint density at radius 1 is 0.465 bits per heavy atom. The van der Waals surface area contributed by atoms with Crippen molar-refractivity contribution in [2.24, 2.45) is 0 Å². The van der Waals surface area contributed by atoms with Gasteiger partial charge in [0.1, 0.15) is 18.8 Å². The number of hydrogen-bond acceptors (Lipinski definition) is 11. The molecule has 3 N–H and O–H groups in total. The molecule has 0 aromatic rings. The van der Waals surface area contributed by atoms with Crippen LogP contribution in [0.25, 0.3) is 0 Å². The van der Waals surface area contributed by atoms with E-state index in [1.54, 1.807) is 0 Å². The van der Waals surface area contributed by atoms with Crippen LogP contribution >= 0.6 is 0 Å². The molecule has 0 saturated carbocycles. The average molecular weight is 1000 g/mol. The van der Waals surface area contributed by atoms with Crippen LogP contribution in [0.1, 0.15) is 252 Å². The molecule has 0 aliphatic carbocycles. The minimum absolute atomic E-state index is 0.0600. The van der Waals surface area contributed by atoms with Gasteiger partial charge in [-0.15, -0.1) is 0 Å². The van der Waals surface area contributed by atoms with Gasteiger partial charge in [0, 0.05) is 19.3 Å². The molecule has 1 aliphatic heterocycles. The molecule has 12 heteroatoms. The van der Waals surface area contributed by atoms with Crippen molar-refractivity contribution in [3.63, 3.8) is 0 Å². The van der Waals surface area contributed by atoms with E-state index in [9.17, 15) is 34.5 Å². The minimum Gasteiger partial charge on any atom is -0.479 e. The van der Waals surface area contributed by atoms with Crippen molar-refractivity contribution in [3.05, 3.63) is 48.6 Å². The van der Waals surface area contributed by atoms with Crippen molar-refractivity contribution >= 4 is 23.9 Å². The number of aliphatic hydroxyl groups excluding tert-OH is 2. The van der Waals surface area contributed by atoms with Crippen molar-refractivity contribution < 1.29 is 58.2 Å². The van der Waals surface area contributed by atoms with Crippen LogP contribution in [0.15, 0.2) is 48.6 Å². The van der Waals surface area contributed by atoms with Gasteiger partial charge in [0.15, 0.2) is 24.6 Å². The molecule has 1 fully saturated rings. The SMILES string of the molecule is CCCCC/C=C\C/C=C\CCCCCCCC(=O)OCC(COC1OC(C(=O)O)C(O)C(O)C1OC(=O)CCCCCCCCCCCCC)OC(=O)CCCCCCC/C=C\C/C=C\CCCCC. The highest BCUT2D eigenvalue weighted by molar-refractivity contribution is 5.74. The largest absolute Gasteiger partial charge is 0.479 e. The molecule has 410 valence electrons. The first-order valence-electron chi connectivity index (χ1n) is 28.6. The number of carboxylic acids is 1. The van der Waals surface area contributed by atoms with E-state index in [0.717, 1.165) is 116 Å². The molecule has 1 aliphatic rings. The summed E-state index contributed by atoms with van der Waals surface area (Å²) in [5.74, 6) is -3.14. The number of carboxylic acid groups (broad SMARTS) is 1. The molecule has 0 radical (unpaired) electrons. The maximum atomic E-state index is 13.1. The van der Waals surface area contributed by atoms with Crippen LogP contribution in [0, 0.1) is 0 Å². The highest BCUT2D eigenvalue weighted by Crippen LogP contribution is 2.26. The van der Waals surface area contributed by atoms with Crippen LogP contribution in [-0.2, 0) is 42.9 Å². The first-order valence-corrected chi connectivity index (χ1v) is 28.6. The Bertz CT molecular complexity index is 1420. The number of ether oxygens (including phenoxy) is 5. The summed E-state index contributed by atoms with van der Waals surface area (Å²) in [7, 11) is 0. The highest BCUT2D eigenvalue weighted by atomic mass is 16.7. The zero-order valence-electron chi connectivity index (χ0n) is 45.0. The zero-order valence-corrected chi connectivity index (χ0v) is 45.0. The van der Waals surface area contributed by atoms with Crippen LogP contribution in [0.3, 0.4) is 0 Å². The molecular formula is C59H102O12. The van der Waals surface area contributed by atoms with Crippen LogP contribution in [0.2, 0.25) is 0 Å². The highest BCUT2D eigenvalue weighted by Gasteiger charge is 2.50. The molecule has 0 spiro atoms. The second-order valence-electron chi connectivity index (χ2n) is 19.6. The first-order chi connectivity index (χ1) is 34.6. The third kappa shape index (κ3) is 38.0. The Morgan fingerprint density at radius 3 is 1.30 bits per heavy atom. The van der Waals surface area contributed by atoms with E-state index in [4.69, 9.17) is 23.7 Å². The number of unbranched alkanes of at least 4 members (excludes halogenated alkanes) is 26. The third-order valence-electron chi connectivity index (χ3n) is 12.9. The van der Waals surface area contributed by atoms with Gasteiger partial charge in [0.25, 0.3) is 0 Å². The number of rotatable bonds is 48. The molecule has 12 nitrogen and oxygen atoms in total. The molecule has 1 rings (SSSR count). The zero-order chi connectivity index (χ0) is 51.8. The molecule has 71 heavy (non-hydrogen) atoms. The summed E-state index contributed by atoms with van der Waals surface area (Å²) in [6, 6.07) is 0. The summed E-state index contributed by atoms with van der Waals surface area (Å²) in [6.07, 6.45) is 43.7. The monoisotopic (exact) mass is 1000 g/mol. The number of allylic oxidation sites excluding steroid dienone is 8. The predicted octanol–water partition coefficient (Wildman–Crippen LogP) is 14.2. The van der Waals surface area contributed by atoms with Gasteiger partial charge in [0.05, 0.1) is 6.61 Å². The van der Waals surface area contributed by atoms with Gasteiger partial charge < -0.3 is 39.0 Å². The van der Waals surface area contributed by atoms with E-state index >= 15 is 0 Å². The number of esters is 3. The number of aliphatic carboxylic acids is 1. The lowest BCUT2D eigenvalue weighted by Gasteiger charge is -2.40. The van der Waals surface area contributed by atoms with E-state index in [0.29, 0.717) is 19.3 Å². The smallest absolute Gasteiger partial charge is 0.335 e. The van der Waals surface area contributed by atoms with E-state index < -0.39 is 67.3 Å². The molecule has 0 bridgehead atoms. The van der Waals surface area contributed by atoms with Crippen molar-refractivity contribution in [1.82, 2.24) is 0 Å². The van der Waals surface area contributed by atoms with Gasteiger partial charge in [0.2, 0.25) is 0 Å². The normalized spacial score (nSPS) is 18.8. The topological polar surface area (TPSA) is 175 Å². The van der Waals surface area contributed by atoms with Crippen LogP contribution in [0.5, 0.6) is 0 Å². The van der Waals surface area contributed by atoms with Crippen LogP contribution in [0.4, 0.5) is 0 Å². The number of aliphatic hydroxyl groups is 2. The molecule has 0 aromatic carbocycles. The maximum absolute atomic E-state index is 13.1. The molecule has 1 saturated heterocycles. The quantitative estimate of drug-likeness (QED) is 0.0228. The van der Waals surface area contributed by atoms with Crippen LogP contribution in [-0.4, -0.2) is 89.2 Å². The van der Waals surface area contributed by atoms with Gasteiger partial charge in [-0.2, -0.15) is 0 Å². The van der Waals surface area contributed by atoms with Crippen molar-refractivity contribution in [1.29, 1.82) is 0 Å². The van der Waals surface area contributed by atoms with Crippen molar-refractivity contribution in [2.45, 2.75) is 289 Å². The summed E-state index contributed by atoms with van der Waals surface area (Å²) in [5, 5.41) is 31.4. The summed E-state index contributed by atoms with van der Waals surface area (Å²) < 4.78 is 28.4. The average Bonchev–Trinajstić information content (AvgIpc) is 3.35. The minimum atomic E-state index is -1.90. The number of hydrogen-bond donors (Lipinski definition) is 3. The van der Waals surface area contributed by atoms with Gasteiger partial charge in [-0.25, -0.2) is 4.79 Å². The Labute approximate surface area is 431 Å². The van der Waals surface area contributed by atoms with E-state index in [1.807, 2.05) is 0 Å². The fraction of sp³-hybridized carbons (Fsp3) is 0.797. The van der Waals surface area contributed by atoms with E-state index in [1.165, 1.54) is 77.0 Å². The summed E-state index contributed by atoms with van der Waals surface area (Å²) in [4.78, 5) is 51.0. The second kappa shape index (κ2) is 47.7. The van der Waals surface area contributed by atoms with E-state index in [-0.39, 0.29) is 25.9 Å². The molecule has 6 unspecified atom stereocenters. The molecule has 6 atom stereocenters. The molecule has 0 amide bonds. The standard InChI is InChI=1S/C59H102O12/c1-4-7-10-13-16-19-22-24-26-28-31-33-36-39-42-45-51(60)67-48-50(69-52(61)46-43-40-37-35-32-29-27-25-23-20-17-14-11-8-5-2)49-68-59-57(55(64)54(63)56(71-59)58(65)66)70-53(62)47-44-41-38-34-30-21-18-15-12-9-6-3/h16-17,19-20,24-27,50,54-57,59,63-64H,4-15,18,21-23,28-49H2,1-3H3,(H,65,66)/b19-16-,20-17-,26-24-,27-25-. The fourth-order valence-corrected chi connectivity index (χ4v) is 8.43.